The number of rotatable bonds is 14. The van der Waals surface area contributed by atoms with E-state index in [1.54, 1.807) is 6.20 Å². The number of carboxylic acids is 1. The van der Waals surface area contributed by atoms with Gasteiger partial charge in [-0.2, -0.15) is 12.6 Å². The lowest BCUT2D eigenvalue weighted by atomic mass is 10.0. The van der Waals surface area contributed by atoms with Gasteiger partial charge in [-0.3, -0.25) is 19.2 Å². The maximum atomic E-state index is 13.0. The lowest BCUT2D eigenvalue weighted by Gasteiger charge is -2.25. The Balaban J connectivity index is 2.19. The van der Waals surface area contributed by atoms with Crippen molar-refractivity contribution in [3.63, 3.8) is 0 Å². The highest BCUT2D eigenvalue weighted by Gasteiger charge is 2.31. The van der Waals surface area contributed by atoms with Gasteiger partial charge in [0, 0.05) is 29.3 Å². The van der Waals surface area contributed by atoms with E-state index in [0.29, 0.717) is 5.56 Å². The van der Waals surface area contributed by atoms with E-state index >= 15 is 0 Å². The summed E-state index contributed by atoms with van der Waals surface area (Å²) >= 11 is 3.98. The van der Waals surface area contributed by atoms with Crippen molar-refractivity contribution < 1.29 is 29.1 Å². The number of amides is 4. The molecule has 0 aliphatic rings. The van der Waals surface area contributed by atoms with Crippen LogP contribution >= 0.6 is 12.6 Å². The summed E-state index contributed by atoms with van der Waals surface area (Å²) in [6.45, 7) is 3.67. The van der Waals surface area contributed by atoms with Crippen molar-refractivity contribution in [2.75, 3.05) is 5.75 Å². The smallest absolute Gasteiger partial charge is 0.326 e. The Labute approximate surface area is 219 Å². The molecule has 1 heterocycles. The lowest BCUT2D eigenvalue weighted by Crippen LogP contribution is -2.58. The van der Waals surface area contributed by atoms with Gasteiger partial charge in [0.05, 0.1) is 12.5 Å². The second kappa shape index (κ2) is 13.7. The highest BCUT2D eigenvalue weighted by atomic mass is 32.1. The Bertz CT molecular complexity index is 1140. The van der Waals surface area contributed by atoms with Gasteiger partial charge in [-0.1, -0.05) is 32.0 Å². The van der Waals surface area contributed by atoms with E-state index in [9.17, 15) is 29.1 Å². The third kappa shape index (κ3) is 8.79. The average molecular weight is 535 g/mol. The fourth-order valence-corrected chi connectivity index (χ4v) is 3.91. The zero-order chi connectivity index (χ0) is 27.7. The van der Waals surface area contributed by atoms with Gasteiger partial charge in [0.1, 0.15) is 18.1 Å². The number of hydrogen-bond acceptors (Lipinski definition) is 7. The Hall–Kier alpha value is -3.58. The SMILES string of the molecule is CC(C)CC(NC(=O)C(N)CS)C(=O)NC(CC(N)=O)C(=O)NC(Cc1c[nH]c2ccccc12)C(=O)O. The quantitative estimate of drug-likeness (QED) is 0.148. The van der Waals surface area contributed by atoms with Crippen molar-refractivity contribution in [1.82, 2.24) is 20.9 Å². The minimum absolute atomic E-state index is 0.0146. The molecule has 1 aromatic heterocycles. The van der Waals surface area contributed by atoms with E-state index in [-0.39, 0.29) is 24.5 Å². The highest BCUT2D eigenvalue weighted by molar-refractivity contribution is 7.80. The van der Waals surface area contributed by atoms with Crippen molar-refractivity contribution in [2.45, 2.75) is 57.3 Å². The zero-order valence-corrected chi connectivity index (χ0v) is 21.6. The summed E-state index contributed by atoms with van der Waals surface area (Å²) in [6.07, 6.45) is 1.26. The molecule has 0 saturated heterocycles. The van der Waals surface area contributed by atoms with Crippen LogP contribution in [0.2, 0.25) is 0 Å². The number of H-pyrrole nitrogens is 1. The molecule has 9 N–H and O–H groups in total. The van der Waals surface area contributed by atoms with Crippen LogP contribution in [0, 0.1) is 5.92 Å². The van der Waals surface area contributed by atoms with Gasteiger partial charge in [-0.25, -0.2) is 4.79 Å². The fourth-order valence-electron chi connectivity index (χ4n) is 3.74. The fraction of sp³-hybridized carbons (Fsp3) is 0.458. The van der Waals surface area contributed by atoms with Crippen LogP contribution in [0.5, 0.6) is 0 Å². The number of primary amides is 1. The van der Waals surface area contributed by atoms with E-state index in [2.05, 4.69) is 33.6 Å². The highest BCUT2D eigenvalue weighted by Crippen LogP contribution is 2.19. The van der Waals surface area contributed by atoms with Crippen LogP contribution < -0.4 is 27.4 Å². The largest absolute Gasteiger partial charge is 0.480 e. The zero-order valence-electron chi connectivity index (χ0n) is 20.7. The number of aromatic amines is 1. The first kappa shape index (κ1) is 29.6. The molecule has 0 aliphatic carbocycles. The third-order valence-corrected chi connectivity index (χ3v) is 6.02. The molecule has 2 rings (SSSR count). The van der Waals surface area contributed by atoms with Crippen LogP contribution in [0.25, 0.3) is 10.9 Å². The molecule has 1 aromatic carbocycles. The molecule has 13 heteroatoms. The number of thiol groups is 1. The molecule has 37 heavy (non-hydrogen) atoms. The Morgan fingerprint density at radius 3 is 2.16 bits per heavy atom. The number of carbonyl (C=O) groups excluding carboxylic acids is 4. The van der Waals surface area contributed by atoms with E-state index in [0.717, 1.165) is 10.9 Å². The third-order valence-electron chi connectivity index (χ3n) is 5.63. The minimum Gasteiger partial charge on any atom is -0.480 e. The van der Waals surface area contributed by atoms with Gasteiger partial charge in [0.2, 0.25) is 23.6 Å². The molecule has 0 fully saturated rings. The number of aromatic nitrogens is 1. The summed E-state index contributed by atoms with van der Waals surface area (Å²) in [5.74, 6) is -4.38. The van der Waals surface area contributed by atoms with Crippen LogP contribution in [0.4, 0.5) is 0 Å². The van der Waals surface area contributed by atoms with Crippen LogP contribution in [-0.2, 0) is 30.4 Å². The second-order valence-corrected chi connectivity index (χ2v) is 9.54. The first-order valence-electron chi connectivity index (χ1n) is 11.8. The monoisotopic (exact) mass is 534 g/mol. The molecule has 0 aliphatic heterocycles. The summed E-state index contributed by atoms with van der Waals surface area (Å²) in [7, 11) is 0. The standard InChI is InChI=1S/C24H34N6O6S/c1-12(2)7-17(28-21(32)15(25)11-37)22(33)29-18(9-20(26)31)23(34)30-19(24(35)36)8-13-10-27-16-6-4-3-5-14(13)16/h3-6,10,12,15,17-19,27,37H,7-9,11,25H2,1-2H3,(H2,26,31)(H,28,32)(H,29,33)(H,30,34)(H,35,36). The molecular formula is C24H34N6O6S. The molecule has 0 radical (unpaired) electrons. The number of para-hydroxylation sites is 1. The normalized spacial score (nSPS) is 14.4. The van der Waals surface area contributed by atoms with E-state index < -0.39 is 60.2 Å². The summed E-state index contributed by atoms with van der Waals surface area (Å²) in [5, 5.41) is 17.9. The topological polar surface area (TPSA) is 209 Å². The van der Waals surface area contributed by atoms with Gasteiger partial charge in [-0.05, 0) is 24.0 Å². The Morgan fingerprint density at radius 2 is 1.57 bits per heavy atom. The number of carbonyl (C=O) groups is 5. The molecule has 0 bridgehead atoms. The number of aliphatic carboxylic acids is 1. The number of carboxylic acid groups (broad SMARTS) is 1. The lowest BCUT2D eigenvalue weighted by molar-refractivity contribution is -0.142. The van der Waals surface area contributed by atoms with E-state index in [1.807, 2.05) is 38.1 Å². The predicted octanol–water partition coefficient (Wildman–Crippen LogP) is -0.572. The molecule has 0 spiro atoms. The maximum Gasteiger partial charge on any atom is 0.326 e. The van der Waals surface area contributed by atoms with Gasteiger partial charge >= 0.3 is 5.97 Å². The minimum atomic E-state index is -1.46. The number of benzene rings is 1. The van der Waals surface area contributed by atoms with E-state index in [1.165, 1.54) is 0 Å². The molecule has 2 aromatic rings. The predicted molar refractivity (Wildman–Crippen MR) is 141 cm³/mol. The van der Waals surface area contributed by atoms with Crippen molar-refractivity contribution in [3.8, 4) is 0 Å². The molecule has 202 valence electrons. The molecule has 12 nitrogen and oxygen atoms in total. The van der Waals surface area contributed by atoms with Crippen molar-refractivity contribution in [1.29, 1.82) is 0 Å². The number of hydrogen-bond donors (Lipinski definition) is 8. The number of nitrogens with one attached hydrogen (secondary N) is 4. The van der Waals surface area contributed by atoms with E-state index in [4.69, 9.17) is 11.5 Å². The number of nitrogens with two attached hydrogens (primary N) is 2. The second-order valence-electron chi connectivity index (χ2n) is 9.17. The van der Waals surface area contributed by atoms with Crippen LogP contribution in [0.15, 0.2) is 30.5 Å². The first-order valence-corrected chi connectivity index (χ1v) is 12.4. The molecule has 4 unspecified atom stereocenters. The van der Waals surface area contributed by atoms with Gasteiger partial charge in [-0.15, -0.1) is 0 Å². The molecule has 4 atom stereocenters. The van der Waals surface area contributed by atoms with Crippen LogP contribution in [-0.4, -0.2) is 69.6 Å². The average Bonchev–Trinajstić information content (AvgIpc) is 3.24. The van der Waals surface area contributed by atoms with Crippen molar-refractivity contribution in [2.24, 2.45) is 17.4 Å². The molecule has 0 saturated carbocycles. The van der Waals surface area contributed by atoms with Crippen molar-refractivity contribution >= 4 is 53.1 Å². The maximum absolute atomic E-state index is 13.0. The molecule has 4 amide bonds. The molecular weight excluding hydrogens is 500 g/mol. The van der Waals surface area contributed by atoms with Gasteiger partial charge in [0.25, 0.3) is 0 Å². The van der Waals surface area contributed by atoms with Crippen molar-refractivity contribution in [3.05, 3.63) is 36.0 Å². The van der Waals surface area contributed by atoms with Gasteiger partial charge in [0.15, 0.2) is 0 Å². The number of fused-ring (bicyclic) bond motifs is 1. The Morgan fingerprint density at radius 1 is 0.973 bits per heavy atom. The first-order chi connectivity index (χ1) is 17.4. The summed E-state index contributed by atoms with van der Waals surface area (Å²) in [4.78, 5) is 64.9. The van der Waals surface area contributed by atoms with Crippen LogP contribution in [0.1, 0.15) is 32.3 Å². The van der Waals surface area contributed by atoms with Crippen LogP contribution in [0.3, 0.4) is 0 Å². The van der Waals surface area contributed by atoms with Gasteiger partial charge < -0.3 is 37.5 Å². The summed E-state index contributed by atoms with van der Waals surface area (Å²) in [5.41, 5.74) is 12.4. The summed E-state index contributed by atoms with van der Waals surface area (Å²) < 4.78 is 0. The Kier molecular flexibility index (Phi) is 10.9. The summed E-state index contributed by atoms with van der Waals surface area (Å²) in [6, 6.07) is 2.49.